The fourth-order valence-electron chi connectivity index (χ4n) is 6.37. The minimum absolute atomic E-state index is 0.0412. The number of anilines is 3. The minimum Gasteiger partial charge on any atom is -0.324 e. The van der Waals surface area contributed by atoms with Crippen LogP contribution in [0.4, 0.5) is 30.2 Å². The quantitative estimate of drug-likeness (QED) is 0.168. The number of nitrogens with one attached hydrogen (secondary N) is 3. The Labute approximate surface area is 332 Å². The molecule has 3 heterocycles. The predicted molar refractivity (Wildman–Crippen MR) is 221 cm³/mol. The third-order valence-corrected chi connectivity index (χ3v) is 9.11. The van der Waals surface area contributed by atoms with Crippen LogP contribution in [0, 0.1) is 24.4 Å². The van der Waals surface area contributed by atoms with Crippen LogP contribution in [-0.2, 0) is 14.4 Å². The summed E-state index contributed by atoms with van der Waals surface area (Å²) in [7, 11) is 0. The fraction of sp³-hybridized carbons (Fsp3) is 0.0870. The first-order chi connectivity index (χ1) is 28.1. The van der Waals surface area contributed by atoms with Gasteiger partial charge in [0, 0.05) is 33.4 Å². The molecule has 9 rings (SSSR count). The Morgan fingerprint density at radius 1 is 0.414 bits per heavy atom. The van der Waals surface area contributed by atoms with Gasteiger partial charge < -0.3 is 16.0 Å². The molecule has 0 aromatic heterocycles. The van der Waals surface area contributed by atoms with Crippen molar-refractivity contribution < 1.29 is 27.6 Å². The SMILES string of the molecule is Cc1ccc(C2=NCC(=O)Nc3ccc(F)cc32)cc1.O=C1CN=C(c2ccc(F)cc2)c2ccccc2N1.O=C1CN=C(c2ccccc2)c2cc(F)ccc2N1. The molecule has 0 spiro atoms. The number of carbonyl (C=O) groups is 3. The summed E-state index contributed by atoms with van der Waals surface area (Å²) in [6.07, 6.45) is 0. The van der Waals surface area contributed by atoms with Crippen molar-refractivity contribution in [3.63, 3.8) is 0 Å². The van der Waals surface area contributed by atoms with Crippen LogP contribution in [0.15, 0.2) is 155 Å². The molecule has 58 heavy (non-hydrogen) atoms. The zero-order valence-electron chi connectivity index (χ0n) is 31.1. The molecule has 0 saturated heterocycles. The topological polar surface area (TPSA) is 124 Å². The van der Waals surface area contributed by atoms with Gasteiger partial charge in [0.25, 0.3) is 0 Å². The molecule has 12 heteroatoms. The summed E-state index contributed by atoms with van der Waals surface area (Å²) in [5.74, 6) is -1.53. The fourth-order valence-corrected chi connectivity index (χ4v) is 6.37. The number of benzodiazepines with no additional fused rings is 3. The van der Waals surface area contributed by atoms with Crippen LogP contribution < -0.4 is 16.0 Å². The van der Waals surface area contributed by atoms with E-state index in [1.165, 1.54) is 36.4 Å². The number of hydrogen-bond acceptors (Lipinski definition) is 6. The number of para-hydroxylation sites is 1. The van der Waals surface area contributed by atoms with Crippen LogP contribution in [-0.4, -0.2) is 54.5 Å². The number of benzene rings is 6. The number of rotatable bonds is 3. The molecule has 3 aliphatic rings. The van der Waals surface area contributed by atoms with Crippen molar-refractivity contribution in [2.75, 3.05) is 35.6 Å². The van der Waals surface area contributed by atoms with Crippen molar-refractivity contribution >= 4 is 51.9 Å². The van der Waals surface area contributed by atoms with Gasteiger partial charge in [-0.25, -0.2) is 13.2 Å². The summed E-state index contributed by atoms with van der Waals surface area (Å²) in [6.45, 7) is 2.15. The van der Waals surface area contributed by atoms with E-state index in [0.717, 1.165) is 33.5 Å². The number of halogens is 3. The normalized spacial score (nSPS) is 14.1. The maximum absolute atomic E-state index is 13.5. The smallest absolute Gasteiger partial charge is 0.246 e. The number of aryl methyl sites for hydroxylation is 1. The maximum atomic E-state index is 13.5. The molecule has 0 atom stereocenters. The second-order valence-electron chi connectivity index (χ2n) is 13.3. The molecule has 0 bridgehead atoms. The van der Waals surface area contributed by atoms with Gasteiger partial charge in [-0.3, -0.25) is 29.4 Å². The van der Waals surface area contributed by atoms with Crippen molar-refractivity contribution in [1.29, 1.82) is 0 Å². The van der Waals surface area contributed by atoms with Crippen LogP contribution in [0.3, 0.4) is 0 Å². The summed E-state index contributed by atoms with van der Waals surface area (Å²) < 4.78 is 39.9. The zero-order chi connectivity index (χ0) is 40.6. The van der Waals surface area contributed by atoms with Gasteiger partial charge in [-0.15, -0.1) is 0 Å². The Kier molecular flexibility index (Phi) is 11.7. The average Bonchev–Trinajstić information content (AvgIpc) is 3.58. The van der Waals surface area contributed by atoms with Gasteiger partial charge in [-0.05, 0) is 73.7 Å². The first-order valence-electron chi connectivity index (χ1n) is 18.2. The summed E-state index contributed by atoms with van der Waals surface area (Å²) in [4.78, 5) is 47.8. The summed E-state index contributed by atoms with van der Waals surface area (Å²) >= 11 is 0. The monoisotopic (exact) mass is 776 g/mol. The highest BCUT2D eigenvalue weighted by Gasteiger charge is 2.20. The van der Waals surface area contributed by atoms with Crippen molar-refractivity contribution in [2.45, 2.75) is 6.92 Å². The first kappa shape index (κ1) is 38.8. The standard InChI is InChI=1S/C16H13FN2O.2C15H11FN2O/c1-10-2-4-11(5-3-10)16-13-8-12(17)6-7-14(13)19-15(20)9-18-16;16-11-7-5-10(6-8-11)15-12-3-1-2-4-13(12)18-14(19)9-17-15;16-11-6-7-13-12(8-11)15(17-9-14(19)18-13)10-4-2-1-3-5-10/h2-8H,9H2,1H3,(H,19,20);2*1-8H,9H2,(H,18,19). The average molecular weight is 777 g/mol. The molecule has 6 aromatic rings. The van der Waals surface area contributed by atoms with Crippen LogP contribution in [0.1, 0.15) is 38.9 Å². The van der Waals surface area contributed by atoms with E-state index in [1.807, 2.05) is 85.8 Å². The Hall–Kier alpha value is -7.47. The van der Waals surface area contributed by atoms with Crippen molar-refractivity contribution in [3.05, 3.63) is 196 Å². The molecule has 0 unspecified atom stereocenters. The van der Waals surface area contributed by atoms with E-state index in [2.05, 4.69) is 30.9 Å². The van der Waals surface area contributed by atoms with Gasteiger partial charge in [0.15, 0.2) is 0 Å². The van der Waals surface area contributed by atoms with Crippen LogP contribution in [0.2, 0.25) is 0 Å². The van der Waals surface area contributed by atoms with Crippen LogP contribution in [0.25, 0.3) is 0 Å². The highest BCUT2D eigenvalue weighted by molar-refractivity contribution is 6.21. The summed E-state index contributed by atoms with van der Waals surface area (Å²) in [5.41, 5.74) is 9.62. The lowest BCUT2D eigenvalue weighted by atomic mass is 9.99. The third-order valence-electron chi connectivity index (χ3n) is 9.11. The lowest BCUT2D eigenvalue weighted by Crippen LogP contribution is -2.13. The van der Waals surface area contributed by atoms with E-state index in [0.29, 0.717) is 39.6 Å². The van der Waals surface area contributed by atoms with Gasteiger partial charge in [0.2, 0.25) is 17.7 Å². The van der Waals surface area contributed by atoms with E-state index in [-0.39, 0.29) is 54.8 Å². The molecule has 0 fully saturated rings. The second kappa shape index (κ2) is 17.5. The first-order valence-corrected chi connectivity index (χ1v) is 18.2. The Bertz CT molecular complexity index is 2610. The lowest BCUT2D eigenvalue weighted by Gasteiger charge is -2.10. The molecule has 9 nitrogen and oxygen atoms in total. The Morgan fingerprint density at radius 3 is 1.29 bits per heavy atom. The van der Waals surface area contributed by atoms with Crippen molar-refractivity contribution in [1.82, 2.24) is 0 Å². The summed E-state index contributed by atoms with van der Waals surface area (Å²) in [5, 5.41) is 8.28. The lowest BCUT2D eigenvalue weighted by molar-refractivity contribution is -0.115. The Balaban J connectivity index is 0.000000132. The van der Waals surface area contributed by atoms with Gasteiger partial charge in [0.05, 0.1) is 34.2 Å². The molecule has 288 valence electrons. The summed E-state index contributed by atoms with van der Waals surface area (Å²) in [6, 6.07) is 39.4. The molecule has 6 aromatic carbocycles. The molecule has 3 aliphatic heterocycles. The number of fused-ring (bicyclic) bond motifs is 3. The van der Waals surface area contributed by atoms with Crippen LogP contribution in [0.5, 0.6) is 0 Å². The Morgan fingerprint density at radius 2 is 0.793 bits per heavy atom. The van der Waals surface area contributed by atoms with E-state index in [1.54, 1.807) is 24.3 Å². The molecule has 0 radical (unpaired) electrons. The van der Waals surface area contributed by atoms with Gasteiger partial charge in [0.1, 0.15) is 37.1 Å². The molecular formula is C46H35F3N6O3. The molecule has 0 aliphatic carbocycles. The van der Waals surface area contributed by atoms with Gasteiger partial charge in [-0.2, -0.15) is 0 Å². The number of carbonyl (C=O) groups excluding carboxylic acids is 3. The van der Waals surface area contributed by atoms with E-state index in [9.17, 15) is 27.6 Å². The van der Waals surface area contributed by atoms with Gasteiger partial charge in [-0.1, -0.05) is 78.4 Å². The highest BCUT2D eigenvalue weighted by atomic mass is 19.1. The predicted octanol–water partition coefficient (Wildman–Crippen LogP) is 8.15. The number of aliphatic imine (C=N–C) groups is 3. The minimum atomic E-state index is -0.349. The number of amides is 3. The van der Waals surface area contributed by atoms with Crippen LogP contribution >= 0.6 is 0 Å². The number of hydrogen-bond donors (Lipinski definition) is 3. The molecular weight excluding hydrogens is 742 g/mol. The molecule has 3 amide bonds. The number of nitrogens with zero attached hydrogens (tertiary/aromatic N) is 3. The highest BCUT2D eigenvalue weighted by Crippen LogP contribution is 2.26. The van der Waals surface area contributed by atoms with Crippen molar-refractivity contribution in [2.24, 2.45) is 15.0 Å². The third kappa shape index (κ3) is 9.31. The largest absolute Gasteiger partial charge is 0.324 e. The van der Waals surface area contributed by atoms with Gasteiger partial charge >= 0.3 is 0 Å². The maximum Gasteiger partial charge on any atom is 0.246 e. The van der Waals surface area contributed by atoms with E-state index >= 15 is 0 Å². The van der Waals surface area contributed by atoms with E-state index in [4.69, 9.17) is 0 Å². The zero-order valence-corrected chi connectivity index (χ0v) is 31.1. The molecule has 0 saturated carbocycles. The molecule has 3 N–H and O–H groups in total. The van der Waals surface area contributed by atoms with E-state index < -0.39 is 0 Å². The second-order valence-corrected chi connectivity index (χ2v) is 13.3. The van der Waals surface area contributed by atoms with Crippen molar-refractivity contribution in [3.8, 4) is 0 Å².